The van der Waals surface area contributed by atoms with Crippen LogP contribution in [0.2, 0.25) is 0 Å². The van der Waals surface area contributed by atoms with Crippen LogP contribution in [0.15, 0.2) is 42.5 Å². The molecule has 30 heavy (non-hydrogen) atoms. The second kappa shape index (κ2) is 8.18. The summed E-state index contributed by atoms with van der Waals surface area (Å²) in [5, 5.41) is 0. The van der Waals surface area contributed by atoms with Crippen LogP contribution in [0.25, 0.3) is 11.0 Å². The van der Waals surface area contributed by atoms with Gasteiger partial charge < -0.3 is 14.4 Å². The van der Waals surface area contributed by atoms with Gasteiger partial charge in [-0.25, -0.2) is 14.3 Å². The van der Waals surface area contributed by atoms with E-state index in [-0.39, 0.29) is 5.91 Å². The first-order valence-electron chi connectivity index (χ1n) is 9.71. The van der Waals surface area contributed by atoms with Crippen LogP contribution in [0.5, 0.6) is 5.75 Å². The summed E-state index contributed by atoms with van der Waals surface area (Å²) in [6.45, 7) is 7.44. The Kier molecular flexibility index (Phi) is 5.82. The lowest BCUT2D eigenvalue weighted by atomic mass is 10.1. The van der Waals surface area contributed by atoms with E-state index >= 15 is 0 Å². The number of aromatic nitrogens is 2. The molecule has 1 amide bonds. The van der Waals surface area contributed by atoms with Gasteiger partial charge >= 0.3 is 6.09 Å². The fourth-order valence-corrected chi connectivity index (χ4v) is 3.03. The zero-order valence-electron chi connectivity index (χ0n) is 18.2. The molecule has 3 rings (SSSR count). The Hall–Kier alpha value is -3.35. The lowest BCUT2D eigenvalue weighted by Crippen LogP contribution is -2.27. The summed E-state index contributed by atoms with van der Waals surface area (Å²) in [5.41, 5.74) is 1.70. The number of hydrogen-bond acceptors (Lipinski definition) is 5. The van der Waals surface area contributed by atoms with Crippen LogP contribution >= 0.6 is 0 Å². The van der Waals surface area contributed by atoms with Crippen LogP contribution in [0, 0.1) is 6.92 Å². The Bertz CT molecular complexity index is 1080. The van der Waals surface area contributed by atoms with Gasteiger partial charge in [0.15, 0.2) is 0 Å². The van der Waals surface area contributed by atoms with Crippen LogP contribution in [0.3, 0.4) is 0 Å². The molecule has 0 radical (unpaired) electrons. The second-order valence-corrected chi connectivity index (χ2v) is 8.29. The van der Waals surface area contributed by atoms with Crippen molar-refractivity contribution < 1.29 is 19.1 Å². The number of carbonyl (C=O) groups excluding carboxylic acids is 2. The van der Waals surface area contributed by atoms with Crippen molar-refractivity contribution in [3.8, 4) is 5.75 Å². The molecule has 0 bridgehead atoms. The van der Waals surface area contributed by atoms with Gasteiger partial charge in [-0.3, -0.25) is 4.79 Å². The van der Waals surface area contributed by atoms with Crippen LogP contribution in [0.1, 0.15) is 42.5 Å². The number of imidazole rings is 1. The summed E-state index contributed by atoms with van der Waals surface area (Å²) in [7, 11) is 3.35. The predicted octanol–water partition coefficient (Wildman–Crippen LogP) is 4.41. The molecule has 0 spiro atoms. The molecule has 3 aromatic rings. The molecule has 2 aromatic carbocycles. The van der Waals surface area contributed by atoms with Crippen molar-refractivity contribution in [3.05, 3.63) is 59.4 Å². The molecule has 0 N–H and O–H groups in total. The highest BCUT2D eigenvalue weighted by molar-refractivity contribution is 6.00. The van der Waals surface area contributed by atoms with Crippen LogP contribution in [-0.4, -0.2) is 46.1 Å². The first-order chi connectivity index (χ1) is 14.1. The fraction of sp³-hybridized carbons (Fsp3) is 0.348. The number of amides is 1. The largest absolute Gasteiger partial charge is 0.487 e. The Labute approximate surface area is 176 Å². The van der Waals surface area contributed by atoms with Gasteiger partial charge in [0, 0.05) is 19.7 Å². The van der Waals surface area contributed by atoms with Crippen molar-refractivity contribution in [2.24, 2.45) is 0 Å². The van der Waals surface area contributed by atoms with E-state index in [0.717, 1.165) is 5.56 Å². The van der Waals surface area contributed by atoms with E-state index in [1.165, 1.54) is 9.47 Å². The van der Waals surface area contributed by atoms with E-state index in [1.807, 2.05) is 30.3 Å². The van der Waals surface area contributed by atoms with Gasteiger partial charge in [-0.2, -0.15) is 0 Å². The molecular weight excluding hydrogens is 382 g/mol. The number of nitrogens with zero attached hydrogens (tertiary/aromatic N) is 3. The highest BCUT2D eigenvalue weighted by atomic mass is 16.6. The SMILES string of the molecule is Cc1nc2c(OCc3ccccc3)cc(C(=O)N(C)C)cc2n1C(=O)OC(C)(C)C. The zero-order valence-corrected chi connectivity index (χ0v) is 18.2. The third-order valence-electron chi connectivity index (χ3n) is 4.36. The number of fused-ring (bicyclic) bond motifs is 1. The monoisotopic (exact) mass is 409 g/mol. The van der Waals surface area contributed by atoms with Crippen LogP contribution in [-0.2, 0) is 11.3 Å². The van der Waals surface area contributed by atoms with E-state index < -0.39 is 11.7 Å². The Balaban J connectivity index is 2.11. The van der Waals surface area contributed by atoms with Gasteiger partial charge in [-0.1, -0.05) is 30.3 Å². The minimum absolute atomic E-state index is 0.198. The summed E-state index contributed by atoms with van der Waals surface area (Å²) in [6, 6.07) is 13.0. The van der Waals surface area contributed by atoms with Crippen molar-refractivity contribution in [1.82, 2.24) is 14.5 Å². The van der Waals surface area contributed by atoms with E-state index in [2.05, 4.69) is 4.98 Å². The minimum Gasteiger partial charge on any atom is -0.487 e. The quantitative estimate of drug-likeness (QED) is 0.638. The van der Waals surface area contributed by atoms with Gasteiger partial charge in [0.1, 0.15) is 29.3 Å². The summed E-state index contributed by atoms with van der Waals surface area (Å²) >= 11 is 0. The Morgan fingerprint density at radius 1 is 1.10 bits per heavy atom. The van der Waals surface area contributed by atoms with Crippen LogP contribution < -0.4 is 4.74 Å². The second-order valence-electron chi connectivity index (χ2n) is 8.29. The lowest BCUT2D eigenvalue weighted by molar-refractivity contribution is 0.0540. The average molecular weight is 409 g/mol. The van der Waals surface area contributed by atoms with E-state index in [0.29, 0.717) is 34.8 Å². The molecule has 0 fully saturated rings. The standard InChI is InChI=1S/C23H27N3O4/c1-15-24-20-18(26(15)22(28)30-23(2,3)4)12-17(21(27)25(5)6)13-19(20)29-14-16-10-8-7-9-11-16/h7-13H,14H2,1-6H3. The average Bonchev–Trinajstić information content (AvgIpc) is 3.00. The maximum atomic E-state index is 12.8. The minimum atomic E-state index is -0.663. The van der Waals surface area contributed by atoms with E-state index in [4.69, 9.17) is 9.47 Å². The number of aryl methyl sites for hydroxylation is 1. The molecule has 7 nitrogen and oxygen atoms in total. The topological polar surface area (TPSA) is 73.7 Å². The van der Waals surface area contributed by atoms with E-state index in [1.54, 1.807) is 53.9 Å². The highest BCUT2D eigenvalue weighted by Gasteiger charge is 2.24. The first-order valence-corrected chi connectivity index (χ1v) is 9.71. The summed E-state index contributed by atoms with van der Waals surface area (Å²) in [5.74, 6) is 0.696. The molecule has 1 heterocycles. The first kappa shape index (κ1) is 21.4. The van der Waals surface area contributed by atoms with Gasteiger partial charge in [0.2, 0.25) is 0 Å². The summed E-state index contributed by atoms with van der Waals surface area (Å²) < 4.78 is 12.9. The maximum Gasteiger partial charge on any atom is 0.420 e. The number of carbonyl (C=O) groups is 2. The van der Waals surface area contributed by atoms with Gasteiger partial charge in [0.25, 0.3) is 5.91 Å². The molecule has 1 aromatic heterocycles. The third kappa shape index (κ3) is 4.62. The Morgan fingerprint density at radius 3 is 2.37 bits per heavy atom. The molecule has 0 aliphatic carbocycles. The molecule has 0 atom stereocenters. The van der Waals surface area contributed by atoms with Gasteiger partial charge in [0.05, 0.1) is 5.52 Å². The molecule has 158 valence electrons. The molecule has 0 saturated carbocycles. The molecule has 0 aliphatic heterocycles. The smallest absolute Gasteiger partial charge is 0.420 e. The molecular formula is C23H27N3O4. The number of benzene rings is 2. The van der Waals surface area contributed by atoms with Gasteiger partial charge in [-0.05, 0) is 45.4 Å². The molecule has 0 aliphatic rings. The van der Waals surface area contributed by atoms with Crippen molar-refractivity contribution in [1.29, 1.82) is 0 Å². The lowest BCUT2D eigenvalue weighted by Gasteiger charge is -2.20. The van der Waals surface area contributed by atoms with Crippen molar-refractivity contribution in [3.63, 3.8) is 0 Å². The maximum absolute atomic E-state index is 12.8. The number of ether oxygens (including phenoxy) is 2. The summed E-state index contributed by atoms with van der Waals surface area (Å²) in [4.78, 5) is 31.5. The summed E-state index contributed by atoms with van der Waals surface area (Å²) in [6.07, 6.45) is -0.550. The van der Waals surface area contributed by atoms with Gasteiger partial charge in [-0.15, -0.1) is 0 Å². The van der Waals surface area contributed by atoms with Crippen molar-refractivity contribution in [2.45, 2.75) is 39.9 Å². The predicted molar refractivity (Wildman–Crippen MR) is 115 cm³/mol. The van der Waals surface area contributed by atoms with Crippen molar-refractivity contribution >= 4 is 23.0 Å². The number of hydrogen-bond donors (Lipinski definition) is 0. The normalized spacial score (nSPS) is 11.4. The zero-order chi connectivity index (χ0) is 22.1. The highest BCUT2D eigenvalue weighted by Crippen LogP contribution is 2.30. The third-order valence-corrected chi connectivity index (χ3v) is 4.36. The van der Waals surface area contributed by atoms with Crippen molar-refractivity contribution in [2.75, 3.05) is 14.1 Å². The molecule has 0 saturated heterocycles. The fourth-order valence-electron chi connectivity index (χ4n) is 3.03. The van der Waals surface area contributed by atoms with Crippen LogP contribution in [0.4, 0.5) is 4.79 Å². The molecule has 0 unspecified atom stereocenters. The molecule has 7 heteroatoms. The number of rotatable bonds is 4. The Morgan fingerprint density at radius 2 is 1.77 bits per heavy atom. The van der Waals surface area contributed by atoms with E-state index in [9.17, 15) is 9.59 Å².